The molecule has 0 radical (unpaired) electrons. The molecule has 0 fully saturated rings. The lowest BCUT2D eigenvalue weighted by Crippen LogP contribution is -2.38. The molecular formula is C37H52N2S3. The van der Waals surface area contributed by atoms with Crippen molar-refractivity contribution < 1.29 is 0 Å². The lowest BCUT2D eigenvalue weighted by Gasteiger charge is -2.47. The van der Waals surface area contributed by atoms with Gasteiger partial charge < -0.3 is 5.73 Å². The molecular weight excluding hydrogens is 569 g/mol. The second kappa shape index (κ2) is 15.3. The first-order valence-electron chi connectivity index (χ1n) is 16.6. The predicted octanol–water partition coefficient (Wildman–Crippen LogP) is 13.1. The standard InChI is InChI=1S/C37H52N2S3/c1-7-11-14-17-19-26-23-31(41-35(26)25(5)18-15-12-8-2)27-21-22-28(34(39-40)33(27)38)32-24-29-30(20-16-13-9-3)37(6,10-4)36(29)42-32/h21-24,30H,5,7-20,38H2,1-4,6H3. The quantitative estimate of drug-likeness (QED) is 0.113. The molecule has 3 aromatic rings. The van der Waals surface area contributed by atoms with E-state index in [1.54, 1.807) is 10.4 Å². The van der Waals surface area contributed by atoms with Crippen LogP contribution >= 0.6 is 22.7 Å². The first kappa shape index (κ1) is 33.1. The van der Waals surface area contributed by atoms with Crippen LogP contribution in [0.1, 0.15) is 145 Å². The molecule has 4 rings (SSSR count). The van der Waals surface area contributed by atoms with Crippen LogP contribution in [-0.4, -0.2) is 0 Å². The average Bonchev–Trinajstić information content (AvgIpc) is 3.60. The van der Waals surface area contributed by atoms with Gasteiger partial charge in [-0.15, -0.1) is 22.7 Å². The highest BCUT2D eigenvalue weighted by Gasteiger charge is 2.48. The topological polar surface area (TPSA) is 38.4 Å². The predicted molar refractivity (Wildman–Crippen MR) is 192 cm³/mol. The van der Waals surface area contributed by atoms with Gasteiger partial charge in [0.05, 0.1) is 5.69 Å². The number of aryl methyl sites for hydroxylation is 1. The fraction of sp³-hybridized carbons (Fsp3) is 0.568. The molecule has 1 aliphatic carbocycles. The molecule has 2 nitrogen and oxygen atoms in total. The van der Waals surface area contributed by atoms with Crippen molar-refractivity contribution >= 4 is 52.0 Å². The molecule has 2 unspecified atom stereocenters. The van der Waals surface area contributed by atoms with Gasteiger partial charge in [0, 0.05) is 48.5 Å². The van der Waals surface area contributed by atoms with Crippen LogP contribution < -0.4 is 5.73 Å². The van der Waals surface area contributed by atoms with E-state index in [4.69, 9.17) is 18.2 Å². The molecule has 2 N–H and O–H groups in total. The number of anilines is 1. The summed E-state index contributed by atoms with van der Waals surface area (Å²) in [5.74, 6) is 0.653. The summed E-state index contributed by atoms with van der Waals surface area (Å²) in [5, 5.41) is 0. The summed E-state index contributed by atoms with van der Waals surface area (Å²) >= 11 is 9.16. The maximum atomic E-state index is 6.91. The number of allylic oxidation sites excluding steroid dienone is 1. The molecule has 5 heteroatoms. The lowest BCUT2D eigenvalue weighted by atomic mass is 9.59. The van der Waals surface area contributed by atoms with Crippen molar-refractivity contribution in [3.8, 4) is 20.9 Å². The Morgan fingerprint density at radius 3 is 2.26 bits per heavy atom. The smallest absolute Gasteiger partial charge is 0.109 e. The zero-order valence-corrected chi connectivity index (χ0v) is 29.2. The van der Waals surface area contributed by atoms with Gasteiger partial charge in [0.1, 0.15) is 5.69 Å². The van der Waals surface area contributed by atoms with Gasteiger partial charge in [-0.25, -0.2) is 0 Å². The van der Waals surface area contributed by atoms with Gasteiger partial charge in [-0.2, -0.15) is 4.36 Å². The number of fused-ring (bicyclic) bond motifs is 1. The third-order valence-corrected chi connectivity index (χ3v) is 12.6. The minimum absolute atomic E-state index is 0.281. The van der Waals surface area contributed by atoms with E-state index in [1.807, 2.05) is 22.7 Å². The molecule has 0 spiro atoms. The van der Waals surface area contributed by atoms with Crippen molar-refractivity contribution in [2.24, 2.45) is 4.36 Å². The zero-order valence-electron chi connectivity index (χ0n) is 26.7. The van der Waals surface area contributed by atoms with E-state index in [2.05, 4.69) is 69.8 Å². The van der Waals surface area contributed by atoms with Crippen molar-refractivity contribution in [3.63, 3.8) is 0 Å². The molecule has 42 heavy (non-hydrogen) atoms. The van der Waals surface area contributed by atoms with Gasteiger partial charge in [-0.1, -0.05) is 105 Å². The van der Waals surface area contributed by atoms with Crippen LogP contribution in [0.5, 0.6) is 0 Å². The summed E-state index contributed by atoms with van der Waals surface area (Å²) in [4.78, 5) is 5.39. The molecule has 0 saturated carbocycles. The second-order valence-electron chi connectivity index (χ2n) is 12.6. The minimum atomic E-state index is 0.281. The Balaban J connectivity index is 1.67. The molecule has 0 aliphatic heterocycles. The van der Waals surface area contributed by atoms with Crippen LogP contribution in [0.15, 0.2) is 35.2 Å². The average molecular weight is 621 g/mol. The van der Waals surface area contributed by atoms with Crippen molar-refractivity contribution in [1.29, 1.82) is 0 Å². The number of rotatable bonds is 18. The van der Waals surface area contributed by atoms with Crippen molar-refractivity contribution in [1.82, 2.24) is 0 Å². The van der Waals surface area contributed by atoms with Gasteiger partial charge >= 0.3 is 0 Å². The Bertz CT molecular complexity index is 1360. The number of thiophene rings is 2. The maximum absolute atomic E-state index is 6.91. The van der Waals surface area contributed by atoms with E-state index in [-0.39, 0.29) is 5.41 Å². The van der Waals surface area contributed by atoms with Crippen LogP contribution in [0, 0.1) is 0 Å². The molecule has 2 atom stereocenters. The van der Waals surface area contributed by atoms with Crippen LogP contribution in [-0.2, 0) is 24.3 Å². The fourth-order valence-corrected chi connectivity index (χ4v) is 9.72. The Kier molecular flexibility index (Phi) is 12.0. The monoisotopic (exact) mass is 620 g/mol. The van der Waals surface area contributed by atoms with Crippen LogP contribution in [0.25, 0.3) is 26.5 Å². The Morgan fingerprint density at radius 1 is 0.905 bits per heavy atom. The van der Waals surface area contributed by atoms with Crippen molar-refractivity contribution in [2.75, 3.05) is 5.73 Å². The number of nitrogen functional groups attached to an aromatic ring is 1. The number of nitrogens with zero attached hydrogens (tertiary/aromatic N) is 1. The Morgan fingerprint density at radius 2 is 1.57 bits per heavy atom. The summed E-state index contributed by atoms with van der Waals surface area (Å²) in [6.07, 6.45) is 17.3. The van der Waals surface area contributed by atoms with Crippen LogP contribution in [0.3, 0.4) is 0 Å². The Hall–Kier alpha value is -1.82. The van der Waals surface area contributed by atoms with Crippen molar-refractivity contribution in [2.45, 2.75) is 136 Å². The van der Waals surface area contributed by atoms with E-state index in [1.165, 1.54) is 103 Å². The third kappa shape index (κ3) is 6.79. The van der Waals surface area contributed by atoms with Gasteiger partial charge in [0.15, 0.2) is 0 Å². The molecule has 228 valence electrons. The summed E-state index contributed by atoms with van der Waals surface area (Å²) in [7, 11) is 0. The zero-order chi connectivity index (χ0) is 30.3. The Labute approximate surface area is 269 Å². The molecule has 1 aromatic carbocycles. The molecule has 2 aromatic heterocycles. The van der Waals surface area contributed by atoms with E-state index in [0.29, 0.717) is 11.6 Å². The fourth-order valence-electron chi connectivity index (χ4n) is 6.76. The highest BCUT2D eigenvalue weighted by Crippen LogP contribution is 2.61. The SMILES string of the molecule is C=C(CCCCC)c1sc(-c2ccc(-c3cc4c(s3)C(C)(CC)C4CCCCC)c(N=S)c2N)cc1CCCCCC. The number of hydrogen-bond acceptors (Lipinski definition) is 5. The highest BCUT2D eigenvalue weighted by atomic mass is 32.1. The van der Waals surface area contributed by atoms with E-state index >= 15 is 0 Å². The second-order valence-corrected chi connectivity index (χ2v) is 14.9. The highest BCUT2D eigenvalue weighted by molar-refractivity contribution is 7.47. The summed E-state index contributed by atoms with van der Waals surface area (Å²) < 4.78 is 4.36. The summed E-state index contributed by atoms with van der Waals surface area (Å²) in [6.45, 7) is 16.2. The number of benzene rings is 1. The van der Waals surface area contributed by atoms with E-state index in [0.717, 1.165) is 29.7 Å². The molecule has 0 bridgehead atoms. The largest absolute Gasteiger partial charge is 0.396 e. The molecule has 1 aliphatic rings. The first-order chi connectivity index (χ1) is 20.3. The first-order valence-corrected chi connectivity index (χ1v) is 18.6. The normalized spacial score (nSPS) is 17.7. The van der Waals surface area contributed by atoms with E-state index < -0.39 is 0 Å². The van der Waals surface area contributed by atoms with Gasteiger partial charge in [-0.3, -0.25) is 0 Å². The van der Waals surface area contributed by atoms with Crippen LogP contribution in [0.4, 0.5) is 11.4 Å². The molecule has 0 amide bonds. The van der Waals surface area contributed by atoms with E-state index in [9.17, 15) is 0 Å². The van der Waals surface area contributed by atoms with Crippen molar-refractivity contribution in [3.05, 3.63) is 51.7 Å². The van der Waals surface area contributed by atoms with Gasteiger partial charge in [-0.05, 0) is 73.3 Å². The van der Waals surface area contributed by atoms with Gasteiger partial charge in [0.2, 0.25) is 0 Å². The summed E-state index contributed by atoms with van der Waals surface area (Å²) in [6, 6.07) is 9.22. The molecule has 0 saturated heterocycles. The third-order valence-electron chi connectivity index (χ3n) is 9.61. The lowest BCUT2D eigenvalue weighted by molar-refractivity contribution is 0.292. The number of unbranched alkanes of at least 4 members (excludes halogenated alkanes) is 7. The number of hydrogen-bond donors (Lipinski definition) is 1. The van der Waals surface area contributed by atoms with Crippen LogP contribution in [0.2, 0.25) is 0 Å². The van der Waals surface area contributed by atoms with Gasteiger partial charge in [0.25, 0.3) is 0 Å². The minimum Gasteiger partial charge on any atom is -0.396 e. The summed E-state index contributed by atoms with van der Waals surface area (Å²) in [5.41, 5.74) is 15.0. The number of nitrogens with two attached hydrogens (primary N) is 1. The maximum Gasteiger partial charge on any atom is 0.109 e. The molecule has 2 heterocycles.